The van der Waals surface area contributed by atoms with Crippen LogP contribution >= 0.6 is 0 Å². The second-order valence-electron chi connectivity index (χ2n) is 5.99. The Kier molecular flexibility index (Phi) is 6.36. The van der Waals surface area contributed by atoms with Crippen LogP contribution in [-0.4, -0.2) is 24.5 Å². The molecule has 2 rings (SSSR count). The third-order valence-electron chi connectivity index (χ3n) is 3.64. The van der Waals surface area contributed by atoms with Gasteiger partial charge in [0.25, 0.3) is 0 Å². The fraction of sp³-hybridized carbons (Fsp3) is 0.190. The SMILES string of the molecule is C=C(C)C(=O)Oc1ccc(-c2ccc(OC(O)C(=C)C)c(F)c2)c(OC)c1. The van der Waals surface area contributed by atoms with Gasteiger partial charge in [-0.3, -0.25) is 0 Å². The summed E-state index contributed by atoms with van der Waals surface area (Å²) in [5, 5.41) is 9.66. The highest BCUT2D eigenvalue weighted by atomic mass is 19.1. The van der Waals surface area contributed by atoms with Crippen molar-refractivity contribution in [1.29, 1.82) is 0 Å². The maximum atomic E-state index is 14.3. The lowest BCUT2D eigenvalue weighted by molar-refractivity contribution is -0.130. The van der Waals surface area contributed by atoms with E-state index in [1.54, 1.807) is 32.0 Å². The van der Waals surface area contributed by atoms with Crippen molar-refractivity contribution < 1.29 is 28.5 Å². The lowest BCUT2D eigenvalue weighted by Crippen LogP contribution is -2.16. The third-order valence-corrected chi connectivity index (χ3v) is 3.64. The minimum atomic E-state index is -1.29. The van der Waals surface area contributed by atoms with Gasteiger partial charge >= 0.3 is 5.97 Å². The zero-order valence-electron chi connectivity index (χ0n) is 15.4. The van der Waals surface area contributed by atoms with Crippen molar-refractivity contribution in [2.75, 3.05) is 7.11 Å². The Labute approximate surface area is 157 Å². The van der Waals surface area contributed by atoms with Gasteiger partial charge in [0, 0.05) is 17.2 Å². The normalized spacial score (nSPS) is 11.4. The number of hydrogen-bond acceptors (Lipinski definition) is 5. The van der Waals surface area contributed by atoms with E-state index in [2.05, 4.69) is 13.2 Å². The average Bonchev–Trinajstić information content (AvgIpc) is 2.62. The first-order chi connectivity index (χ1) is 12.7. The molecule has 0 radical (unpaired) electrons. The monoisotopic (exact) mass is 372 g/mol. The van der Waals surface area contributed by atoms with E-state index in [1.165, 1.54) is 25.3 Å². The molecule has 1 N–H and O–H groups in total. The third kappa shape index (κ3) is 4.95. The fourth-order valence-corrected chi connectivity index (χ4v) is 2.15. The number of carbonyl (C=O) groups is 1. The number of halogens is 1. The number of ether oxygens (including phenoxy) is 3. The van der Waals surface area contributed by atoms with Gasteiger partial charge in [-0.15, -0.1) is 0 Å². The first kappa shape index (κ1) is 20.2. The van der Waals surface area contributed by atoms with Gasteiger partial charge < -0.3 is 19.3 Å². The number of benzene rings is 2. The number of aliphatic hydroxyl groups is 1. The van der Waals surface area contributed by atoms with Gasteiger partial charge in [-0.1, -0.05) is 19.2 Å². The van der Waals surface area contributed by atoms with E-state index in [0.717, 1.165) is 0 Å². The highest BCUT2D eigenvalue weighted by Gasteiger charge is 2.15. The van der Waals surface area contributed by atoms with Gasteiger partial charge in [0.15, 0.2) is 11.6 Å². The number of rotatable bonds is 7. The molecule has 27 heavy (non-hydrogen) atoms. The van der Waals surface area contributed by atoms with Crippen LogP contribution in [0.3, 0.4) is 0 Å². The van der Waals surface area contributed by atoms with Crippen LogP contribution in [0.15, 0.2) is 60.7 Å². The van der Waals surface area contributed by atoms with Gasteiger partial charge in [-0.05, 0) is 49.2 Å². The molecule has 0 aliphatic heterocycles. The molecule has 2 aromatic rings. The van der Waals surface area contributed by atoms with Crippen LogP contribution in [0, 0.1) is 5.82 Å². The van der Waals surface area contributed by atoms with E-state index in [-0.39, 0.29) is 17.1 Å². The van der Waals surface area contributed by atoms with E-state index in [9.17, 15) is 14.3 Å². The summed E-state index contributed by atoms with van der Waals surface area (Å²) in [5.41, 5.74) is 1.76. The number of esters is 1. The first-order valence-corrected chi connectivity index (χ1v) is 8.08. The van der Waals surface area contributed by atoms with Gasteiger partial charge in [0.1, 0.15) is 11.5 Å². The minimum Gasteiger partial charge on any atom is -0.496 e. The van der Waals surface area contributed by atoms with Crippen LogP contribution in [0.25, 0.3) is 11.1 Å². The Hall–Kier alpha value is -3.12. The molecule has 0 fully saturated rings. The van der Waals surface area contributed by atoms with Crippen LogP contribution in [-0.2, 0) is 4.79 Å². The van der Waals surface area contributed by atoms with Crippen LogP contribution < -0.4 is 14.2 Å². The van der Waals surface area contributed by atoms with Crippen molar-refractivity contribution in [2.45, 2.75) is 20.1 Å². The standard InChI is InChI=1S/C21H21FO5/c1-12(2)20(23)26-15-7-8-16(19(11-15)25-5)14-6-9-18(17(22)10-14)27-21(24)13(3)4/h6-11,21,24H,1,3H2,2,4-5H3. The Balaban J connectivity index is 2.32. The van der Waals surface area contributed by atoms with Gasteiger partial charge in [0.2, 0.25) is 6.29 Å². The predicted octanol–water partition coefficient (Wildman–Crippen LogP) is 4.26. The largest absolute Gasteiger partial charge is 0.496 e. The lowest BCUT2D eigenvalue weighted by Gasteiger charge is -2.15. The lowest BCUT2D eigenvalue weighted by atomic mass is 10.0. The summed E-state index contributed by atoms with van der Waals surface area (Å²) in [6.07, 6.45) is -1.29. The second kappa shape index (κ2) is 8.51. The topological polar surface area (TPSA) is 65.0 Å². The first-order valence-electron chi connectivity index (χ1n) is 8.08. The van der Waals surface area contributed by atoms with Crippen molar-refractivity contribution in [3.05, 3.63) is 66.5 Å². The van der Waals surface area contributed by atoms with Gasteiger partial charge in [0.05, 0.1) is 7.11 Å². The summed E-state index contributed by atoms with van der Waals surface area (Å²) >= 11 is 0. The summed E-state index contributed by atoms with van der Waals surface area (Å²) in [6.45, 7) is 10.2. The Bertz CT molecular complexity index is 888. The number of hydrogen-bond donors (Lipinski definition) is 1. The van der Waals surface area contributed by atoms with Crippen molar-refractivity contribution in [1.82, 2.24) is 0 Å². The van der Waals surface area contributed by atoms with Crippen molar-refractivity contribution in [2.24, 2.45) is 0 Å². The molecule has 6 heteroatoms. The smallest absolute Gasteiger partial charge is 0.338 e. The molecule has 0 spiro atoms. The second-order valence-corrected chi connectivity index (χ2v) is 5.99. The zero-order valence-corrected chi connectivity index (χ0v) is 15.4. The Morgan fingerprint density at radius 1 is 1.11 bits per heavy atom. The fourth-order valence-electron chi connectivity index (χ4n) is 2.15. The molecular weight excluding hydrogens is 351 g/mol. The molecule has 0 amide bonds. The molecule has 1 atom stereocenters. The summed E-state index contributed by atoms with van der Waals surface area (Å²) in [5.74, 6) is -0.605. The highest BCUT2D eigenvalue weighted by Crippen LogP contribution is 2.35. The maximum absolute atomic E-state index is 14.3. The van der Waals surface area contributed by atoms with Gasteiger partial charge in [-0.25, -0.2) is 9.18 Å². The van der Waals surface area contributed by atoms with Crippen LogP contribution in [0.5, 0.6) is 17.2 Å². The quantitative estimate of drug-likeness (QED) is 0.259. The molecule has 0 heterocycles. The molecule has 0 saturated carbocycles. The number of carbonyl (C=O) groups excluding carboxylic acids is 1. The van der Waals surface area contributed by atoms with E-state index in [1.807, 2.05) is 0 Å². The maximum Gasteiger partial charge on any atom is 0.338 e. The Morgan fingerprint density at radius 3 is 2.37 bits per heavy atom. The van der Waals surface area contributed by atoms with Gasteiger partial charge in [-0.2, -0.15) is 0 Å². The van der Waals surface area contributed by atoms with E-state index in [4.69, 9.17) is 14.2 Å². The molecule has 0 bridgehead atoms. The van der Waals surface area contributed by atoms with Crippen molar-refractivity contribution in [3.63, 3.8) is 0 Å². The summed E-state index contributed by atoms with van der Waals surface area (Å²) in [4.78, 5) is 11.6. The molecule has 2 aromatic carbocycles. The summed E-state index contributed by atoms with van der Waals surface area (Å²) < 4.78 is 30.0. The molecule has 0 saturated heterocycles. The van der Waals surface area contributed by atoms with Crippen LogP contribution in [0.1, 0.15) is 13.8 Å². The molecular formula is C21H21FO5. The van der Waals surface area contributed by atoms with E-state index in [0.29, 0.717) is 22.4 Å². The minimum absolute atomic E-state index is 0.0970. The molecule has 5 nitrogen and oxygen atoms in total. The van der Waals surface area contributed by atoms with Crippen LogP contribution in [0.2, 0.25) is 0 Å². The van der Waals surface area contributed by atoms with Crippen LogP contribution in [0.4, 0.5) is 4.39 Å². The molecule has 1 unspecified atom stereocenters. The number of methoxy groups -OCH3 is 1. The molecule has 0 aliphatic rings. The highest BCUT2D eigenvalue weighted by molar-refractivity contribution is 5.89. The molecule has 0 aliphatic carbocycles. The molecule has 142 valence electrons. The Morgan fingerprint density at radius 2 is 1.81 bits per heavy atom. The predicted molar refractivity (Wildman–Crippen MR) is 100 cm³/mol. The van der Waals surface area contributed by atoms with E-state index >= 15 is 0 Å². The summed E-state index contributed by atoms with van der Waals surface area (Å²) in [6, 6.07) is 9.05. The summed E-state index contributed by atoms with van der Waals surface area (Å²) in [7, 11) is 1.46. The number of aliphatic hydroxyl groups excluding tert-OH is 1. The molecule has 0 aromatic heterocycles. The van der Waals surface area contributed by atoms with Crippen molar-refractivity contribution >= 4 is 5.97 Å². The zero-order chi connectivity index (χ0) is 20.1. The average molecular weight is 372 g/mol. The van der Waals surface area contributed by atoms with E-state index < -0.39 is 18.1 Å². The van der Waals surface area contributed by atoms with Crippen molar-refractivity contribution in [3.8, 4) is 28.4 Å².